The minimum absolute atomic E-state index is 0.0851. The highest BCUT2D eigenvalue weighted by Gasteiger charge is 2.33. The van der Waals surface area contributed by atoms with Gasteiger partial charge in [-0.3, -0.25) is 4.79 Å². The second kappa shape index (κ2) is 8.76. The molecule has 1 saturated heterocycles. The van der Waals surface area contributed by atoms with E-state index in [0.29, 0.717) is 5.69 Å². The number of amides is 1. The van der Waals surface area contributed by atoms with Crippen molar-refractivity contribution in [2.45, 2.75) is 19.3 Å². The maximum atomic E-state index is 12.5. The average molecular weight is 494 g/mol. The van der Waals surface area contributed by atoms with Gasteiger partial charge in [0.05, 0.1) is 21.4 Å². The van der Waals surface area contributed by atoms with E-state index in [1.54, 1.807) is 12.1 Å². The molecule has 0 radical (unpaired) electrons. The molecule has 1 aliphatic rings. The number of nitrogens with one attached hydrogen (secondary N) is 2. The number of halogens is 5. The summed E-state index contributed by atoms with van der Waals surface area (Å²) < 4.78 is 41.5. The molecule has 2 N–H and O–H groups in total. The molecule has 156 valence electrons. The van der Waals surface area contributed by atoms with Crippen molar-refractivity contribution in [2.24, 2.45) is 0 Å². The number of alkyl halides is 3. The van der Waals surface area contributed by atoms with E-state index in [-0.39, 0.29) is 21.1 Å². The molecular formula is C18H17BrClF3N4O2. The third kappa shape index (κ3) is 5.52. The lowest BCUT2D eigenvalue weighted by Crippen LogP contribution is -2.50. The van der Waals surface area contributed by atoms with Gasteiger partial charge < -0.3 is 20.3 Å². The zero-order chi connectivity index (χ0) is 21.2. The Hall–Kier alpha value is -2.04. The number of carbonyl (C=O) groups is 1. The van der Waals surface area contributed by atoms with E-state index in [4.69, 9.17) is 11.6 Å². The fourth-order valence-corrected chi connectivity index (χ4v) is 3.43. The first kappa shape index (κ1) is 21.7. The summed E-state index contributed by atoms with van der Waals surface area (Å²) in [5.41, 5.74) is 0.316. The molecule has 6 nitrogen and oxygen atoms in total. The number of benzene rings is 1. The van der Waals surface area contributed by atoms with E-state index in [1.165, 1.54) is 12.3 Å². The highest BCUT2D eigenvalue weighted by atomic mass is 79.9. The van der Waals surface area contributed by atoms with Crippen molar-refractivity contribution in [1.82, 2.24) is 10.3 Å². The second-order valence-corrected chi connectivity index (χ2v) is 7.62. The molecule has 1 unspecified atom stereocenters. The number of nitrogens with zero attached hydrogens (tertiary/aromatic N) is 2. The van der Waals surface area contributed by atoms with Crippen LogP contribution in [0.15, 0.2) is 34.9 Å². The summed E-state index contributed by atoms with van der Waals surface area (Å²) >= 11 is 8.84. The fraction of sp³-hybridized carbons (Fsp3) is 0.333. The SMILES string of the molecule is CC1CNCCN1c1ccc(NC(=O)c2cc(Cl)c(Br)c(OC(F)(F)F)c2)cn1. The maximum absolute atomic E-state index is 12.5. The summed E-state index contributed by atoms with van der Waals surface area (Å²) in [5.74, 6) is -0.461. The van der Waals surface area contributed by atoms with Gasteiger partial charge in [0.1, 0.15) is 11.6 Å². The Labute approximate surface area is 178 Å². The lowest BCUT2D eigenvalue weighted by Gasteiger charge is -2.34. The molecule has 0 saturated carbocycles. The quantitative estimate of drug-likeness (QED) is 0.659. The number of aromatic nitrogens is 1. The van der Waals surface area contributed by atoms with Crippen LogP contribution in [-0.2, 0) is 0 Å². The van der Waals surface area contributed by atoms with Crippen molar-refractivity contribution in [1.29, 1.82) is 0 Å². The van der Waals surface area contributed by atoms with E-state index in [0.717, 1.165) is 31.5 Å². The molecule has 1 aromatic heterocycles. The van der Waals surface area contributed by atoms with Crippen LogP contribution in [0.5, 0.6) is 5.75 Å². The van der Waals surface area contributed by atoms with Gasteiger partial charge in [0.15, 0.2) is 0 Å². The standard InChI is InChI=1S/C18H17BrClF3N4O2/c1-10-8-24-4-5-27(10)15-3-2-12(9-25-15)26-17(28)11-6-13(20)16(19)14(7-11)29-18(21,22)23/h2-3,6-7,9-10,24H,4-5,8H2,1H3,(H,26,28). The van der Waals surface area contributed by atoms with Crippen molar-refractivity contribution in [2.75, 3.05) is 29.9 Å². The van der Waals surface area contributed by atoms with Gasteiger partial charge >= 0.3 is 6.36 Å². The molecule has 2 aromatic rings. The van der Waals surface area contributed by atoms with Crippen LogP contribution in [0.4, 0.5) is 24.7 Å². The minimum Gasteiger partial charge on any atom is -0.405 e. The monoisotopic (exact) mass is 492 g/mol. The van der Waals surface area contributed by atoms with Crippen molar-refractivity contribution in [3.05, 3.63) is 45.5 Å². The summed E-state index contributed by atoms with van der Waals surface area (Å²) in [7, 11) is 0. The molecule has 1 amide bonds. The molecule has 1 fully saturated rings. The average Bonchev–Trinajstić information content (AvgIpc) is 2.65. The maximum Gasteiger partial charge on any atom is 0.573 e. The van der Waals surface area contributed by atoms with Gasteiger partial charge in [0.2, 0.25) is 0 Å². The zero-order valence-electron chi connectivity index (χ0n) is 15.2. The third-order valence-electron chi connectivity index (χ3n) is 4.28. The van der Waals surface area contributed by atoms with Gasteiger partial charge in [-0.05, 0) is 47.1 Å². The van der Waals surface area contributed by atoms with Crippen molar-refractivity contribution < 1.29 is 22.7 Å². The molecule has 0 spiro atoms. The number of piperazine rings is 1. The van der Waals surface area contributed by atoms with E-state index >= 15 is 0 Å². The van der Waals surface area contributed by atoms with Crippen LogP contribution in [0.2, 0.25) is 5.02 Å². The van der Waals surface area contributed by atoms with Crippen molar-refractivity contribution >= 4 is 44.9 Å². The Morgan fingerprint density at radius 1 is 1.41 bits per heavy atom. The lowest BCUT2D eigenvalue weighted by molar-refractivity contribution is -0.274. The molecule has 0 bridgehead atoms. The normalized spacial score (nSPS) is 17.2. The van der Waals surface area contributed by atoms with E-state index in [2.05, 4.69) is 48.1 Å². The van der Waals surface area contributed by atoms with Crippen LogP contribution < -0.4 is 20.3 Å². The molecule has 3 rings (SSSR count). The van der Waals surface area contributed by atoms with Gasteiger partial charge in [0.25, 0.3) is 5.91 Å². The number of hydrogen-bond donors (Lipinski definition) is 2. The van der Waals surface area contributed by atoms with Crippen molar-refractivity contribution in [3.63, 3.8) is 0 Å². The predicted molar refractivity (Wildman–Crippen MR) is 108 cm³/mol. The van der Waals surface area contributed by atoms with Gasteiger partial charge in [-0.25, -0.2) is 4.98 Å². The number of anilines is 2. The summed E-state index contributed by atoms with van der Waals surface area (Å²) in [6, 6.07) is 5.96. The second-order valence-electron chi connectivity index (χ2n) is 6.42. The first-order valence-corrected chi connectivity index (χ1v) is 9.80. The van der Waals surface area contributed by atoms with Crippen LogP contribution in [0.25, 0.3) is 0 Å². The van der Waals surface area contributed by atoms with E-state index in [1.807, 2.05) is 0 Å². The van der Waals surface area contributed by atoms with Crippen LogP contribution in [0, 0.1) is 0 Å². The van der Waals surface area contributed by atoms with Gasteiger partial charge in [-0.15, -0.1) is 13.2 Å². The van der Waals surface area contributed by atoms with Crippen LogP contribution >= 0.6 is 27.5 Å². The topological polar surface area (TPSA) is 66.5 Å². The highest BCUT2D eigenvalue weighted by Crippen LogP contribution is 2.37. The molecule has 1 aromatic carbocycles. The summed E-state index contributed by atoms with van der Waals surface area (Å²) in [6.45, 7) is 4.62. The summed E-state index contributed by atoms with van der Waals surface area (Å²) in [4.78, 5) is 19.0. The largest absolute Gasteiger partial charge is 0.573 e. The van der Waals surface area contributed by atoms with Gasteiger partial charge in [0, 0.05) is 31.2 Å². The number of pyridine rings is 1. The Balaban J connectivity index is 1.74. The Morgan fingerprint density at radius 2 is 2.17 bits per heavy atom. The first-order valence-electron chi connectivity index (χ1n) is 8.63. The van der Waals surface area contributed by atoms with Gasteiger partial charge in [-0.1, -0.05) is 11.6 Å². The third-order valence-corrected chi connectivity index (χ3v) is 5.63. The smallest absolute Gasteiger partial charge is 0.405 e. The molecule has 0 aliphatic carbocycles. The molecule has 2 heterocycles. The Kier molecular flexibility index (Phi) is 6.55. The summed E-state index contributed by atoms with van der Waals surface area (Å²) in [6.07, 6.45) is -3.42. The Bertz CT molecular complexity index is 896. The van der Waals surface area contributed by atoms with Crippen molar-refractivity contribution in [3.8, 4) is 5.75 Å². The molecule has 1 aliphatic heterocycles. The first-order chi connectivity index (χ1) is 13.6. The van der Waals surface area contributed by atoms with Crippen LogP contribution in [0.3, 0.4) is 0 Å². The number of carbonyl (C=O) groups excluding carboxylic acids is 1. The van der Waals surface area contributed by atoms with Crippen LogP contribution in [-0.4, -0.2) is 42.9 Å². The van der Waals surface area contributed by atoms with Gasteiger partial charge in [-0.2, -0.15) is 0 Å². The molecule has 1 atom stereocenters. The minimum atomic E-state index is -4.91. The predicted octanol–water partition coefficient (Wildman–Crippen LogP) is 4.45. The highest BCUT2D eigenvalue weighted by molar-refractivity contribution is 9.10. The lowest BCUT2D eigenvalue weighted by atomic mass is 10.2. The number of hydrogen-bond acceptors (Lipinski definition) is 5. The zero-order valence-corrected chi connectivity index (χ0v) is 17.5. The Morgan fingerprint density at radius 3 is 2.79 bits per heavy atom. The van der Waals surface area contributed by atoms with E-state index < -0.39 is 18.0 Å². The molecule has 29 heavy (non-hydrogen) atoms. The van der Waals surface area contributed by atoms with E-state index in [9.17, 15) is 18.0 Å². The fourth-order valence-electron chi connectivity index (χ4n) is 2.91. The molecule has 11 heteroatoms. The summed E-state index contributed by atoms with van der Waals surface area (Å²) in [5, 5.41) is 5.80. The molecular weight excluding hydrogens is 477 g/mol. The number of ether oxygens (including phenoxy) is 1. The van der Waals surface area contributed by atoms with Crippen LogP contribution in [0.1, 0.15) is 17.3 Å². The number of rotatable bonds is 4.